The molecule has 0 saturated carbocycles. The van der Waals surface area contributed by atoms with Crippen molar-refractivity contribution in [1.29, 1.82) is 0 Å². The van der Waals surface area contributed by atoms with Gasteiger partial charge in [0.05, 0.1) is 6.61 Å². The molecule has 19 heavy (non-hydrogen) atoms. The van der Waals surface area contributed by atoms with Crippen molar-refractivity contribution in [3.05, 3.63) is 27.7 Å². The molecule has 0 spiro atoms. The van der Waals surface area contributed by atoms with Crippen LogP contribution < -0.4 is 10.1 Å². The van der Waals surface area contributed by atoms with Crippen LogP contribution in [0.25, 0.3) is 0 Å². The van der Waals surface area contributed by atoms with Crippen LogP contribution in [0.4, 0.5) is 0 Å². The van der Waals surface area contributed by atoms with Crippen LogP contribution in [0.15, 0.2) is 16.6 Å². The highest BCUT2D eigenvalue weighted by Crippen LogP contribution is 2.34. The zero-order valence-electron chi connectivity index (χ0n) is 11.4. The number of hydrogen-bond donors (Lipinski definition) is 1. The summed E-state index contributed by atoms with van der Waals surface area (Å²) in [5.41, 5.74) is 2.67. The Morgan fingerprint density at radius 2 is 2.16 bits per heavy atom. The summed E-state index contributed by atoms with van der Waals surface area (Å²) >= 11 is 3.62. The molecule has 0 aromatic heterocycles. The number of hydrogen-bond acceptors (Lipinski definition) is 3. The molecule has 1 fully saturated rings. The lowest BCUT2D eigenvalue weighted by Gasteiger charge is -2.32. The minimum absolute atomic E-state index is 0.692. The van der Waals surface area contributed by atoms with E-state index in [2.05, 4.69) is 45.3 Å². The molecule has 1 aromatic rings. The van der Waals surface area contributed by atoms with E-state index in [-0.39, 0.29) is 0 Å². The van der Waals surface area contributed by atoms with E-state index in [1.54, 1.807) is 0 Å². The lowest BCUT2D eigenvalue weighted by molar-refractivity contribution is 0.189. The maximum absolute atomic E-state index is 5.81. The van der Waals surface area contributed by atoms with E-state index in [0.29, 0.717) is 6.04 Å². The molecule has 1 N–H and O–H groups in total. The zero-order valence-corrected chi connectivity index (χ0v) is 13.0. The van der Waals surface area contributed by atoms with Crippen LogP contribution in [0.2, 0.25) is 0 Å². The molecule has 1 aromatic carbocycles. The summed E-state index contributed by atoms with van der Waals surface area (Å²) in [6.45, 7) is 4.09. The summed E-state index contributed by atoms with van der Waals surface area (Å²) in [6.07, 6.45) is 3.53. The molecular formula is C15H21BrN2O. The number of halogens is 1. The van der Waals surface area contributed by atoms with Gasteiger partial charge in [-0.15, -0.1) is 0 Å². The minimum atomic E-state index is 0.692. The highest BCUT2D eigenvalue weighted by Gasteiger charge is 2.22. The number of piperidine rings is 1. The van der Waals surface area contributed by atoms with E-state index in [1.165, 1.54) is 28.4 Å². The van der Waals surface area contributed by atoms with Crippen molar-refractivity contribution >= 4 is 15.9 Å². The fourth-order valence-corrected chi connectivity index (χ4v) is 3.66. The Bertz CT molecular complexity index is 458. The van der Waals surface area contributed by atoms with Crippen LogP contribution in [0.1, 0.15) is 24.0 Å². The SMILES string of the molecule is CN(Cc1cc(Br)cc2c1OCC2)C1CCNCC1. The Labute approximate surface area is 123 Å². The third-order valence-electron chi connectivity index (χ3n) is 4.18. The molecule has 2 heterocycles. The normalized spacial score (nSPS) is 19.5. The van der Waals surface area contributed by atoms with Crippen molar-refractivity contribution in [2.24, 2.45) is 0 Å². The molecule has 4 heteroatoms. The highest BCUT2D eigenvalue weighted by molar-refractivity contribution is 9.10. The van der Waals surface area contributed by atoms with Gasteiger partial charge in [-0.25, -0.2) is 0 Å². The zero-order chi connectivity index (χ0) is 13.2. The van der Waals surface area contributed by atoms with Crippen molar-refractivity contribution < 1.29 is 4.74 Å². The number of nitrogens with zero attached hydrogens (tertiary/aromatic N) is 1. The lowest BCUT2D eigenvalue weighted by atomic mass is 10.0. The molecule has 3 rings (SSSR count). The lowest BCUT2D eigenvalue weighted by Crippen LogP contribution is -2.40. The number of benzene rings is 1. The van der Waals surface area contributed by atoms with Crippen LogP contribution in [-0.4, -0.2) is 37.7 Å². The van der Waals surface area contributed by atoms with Crippen molar-refractivity contribution in [2.45, 2.75) is 31.8 Å². The first-order valence-electron chi connectivity index (χ1n) is 7.09. The standard InChI is InChI=1S/C15H21BrN2O/c1-18(14-2-5-17-6-3-14)10-12-9-13(16)8-11-4-7-19-15(11)12/h8-9,14,17H,2-7,10H2,1H3. The molecule has 3 nitrogen and oxygen atoms in total. The third-order valence-corrected chi connectivity index (χ3v) is 4.63. The minimum Gasteiger partial charge on any atom is -0.493 e. The highest BCUT2D eigenvalue weighted by atomic mass is 79.9. The van der Waals surface area contributed by atoms with Crippen molar-refractivity contribution in [3.8, 4) is 5.75 Å². The van der Waals surface area contributed by atoms with Crippen LogP contribution in [0, 0.1) is 0 Å². The number of fused-ring (bicyclic) bond motifs is 1. The quantitative estimate of drug-likeness (QED) is 0.924. The van der Waals surface area contributed by atoms with Crippen LogP contribution >= 0.6 is 15.9 Å². The van der Waals surface area contributed by atoms with Gasteiger partial charge in [0.2, 0.25) is 0 Å². The second kappa shape index (κ2) is 5.81. The van der Waals surface area contributed by atoms with Gasteiger partial charge in [-0.05, 0) is 50.7 Å². The molecule has 0 radical (unpaired) electrons. The van der Waals surface area contributed by atoms with Gasteiger partial charge in [0.1, 0.15) is 5.75 Å². The molecule has 2 aliphatic rings. The van der Waals surface area contributed by atoms with Crippen molar-refractivity contribution in [3.63, 3.8) is 0 Å². The number of rotatable bonds is 3. The van der Waals surface area contributed by atoms with Crippen molar-refractivity contribution in [1.82, 2.24) is 10.2 Å². The maximum atomic E-state index is 5.81. The van der Waals surface area contributed by atoms with E-state index >= 15 is 0 Å². The maximum Gasteiger partial charge on any atom is 0.127 e. The summed E-state index contributed by atoms with van der Waals surface area (Å²) in [5.74, 6) is 1.13. The van der Waals surface area contributed by atoms with Gasteiger partial charge in [-0.1, -0.05) is 15.9 Å². The molecule has 0 atom stereocenters. The Kier molecular flexibility index (Phi) is 4.10. The topological polar surface area (TPSA) is 24.5 Å². The smallest absolute Gasteiger partial charge is 0.127 e. The third kappa shape index (κ3) is 2.96. The molecule has 104 valence electrons. The Morgan fingerprint density at radius 1 is 1.37 bits per heavy atom. The van der Waals surface area contributed by atoms with Gasteiger partial charge >= 0.3 is 0 Å². The molecule has 0 amide bonds. The average molecular weight is 325 g/mol. The van der Waals surface area contributed by atoms with E-state index < -0.39 is 0 Å². The number of ether oxygens (including phenoxy) is 1. The summed E-state index contributed by atoms with van der Waals surface area (Å²) in [7, 11) is 2.23. The number of nitrogens with one attached hydrogen (secondary N) is 1. The second-order valence-corrected chi connectivity index (χ2v) is 6.46. The Hall–Kier alpha value is -0.580. The molecule has 0 aliphatic carbocycles. The first-order valence-corrected chi connectivity index (χ1v) is 7.88. The Morgan fingerprint density at radius 3 is 2.95 bits per heavy atom. The first-order chi connectivity index (χ1) is 9.24. The largest absolute Gasteiger partial charge is 0.493 e. The van der Waals surface area contributed by atoms with E-state index in [0.717, 1.165) is 38.4 Å². The van der Waals surface area contributed by atoms with E-state index in [9.17, 15) is 0 Å². The fraction of sp³-hybridized carbons (Fsp3) is 0.600. The molecular weight excluding hydrogens is 304 g/mol. The summed E-state index contributed by atoms with van der Waals surface area (Å²) in [5, 5.41) is 3.43. The molecule has 0 unspecified atom stereocenters. The van der Waals surface area contributed by atoms with Gasteiger partial charge in [0.25, 0.3) is 0 Å². The van der Waals surface area contributed by atoms with Gasteiger partial charge in [0.15, 0.2) is 0 Å². The summed E-state index contributed by atoms with van der Waals surface area (Å²) < 4.78 is 6.98. The average Bonchev–Trinajstić information content (AvgIpc) is 2.88. The van der Waals surface area contributed by atoms with Crippen molar-refractivity contribution in [2.75, 3.05) is 26.7 Å². The predicted octanol–water partition coefficient (Wildman–Crippen LogP) is 2.57. The van der Waals surface area contributed by atoms with Gasteiger partial charge in [-0.2, -0.15) is 0 Å². The van der Waals surface area contributed by atoms with Gasteiger partial charge in [0, 0.05) is 29.0 Å². The summed E-state index contributed by atoms with van der Waals surface area (Å²) in [4.78, 5) is 2.48. The van der Waals surface area contributed by atoms with Crippen LogP contribution in [-0.2, 0) is 13.0 Å². The van der Waals surface area contributed by atoms with E-state index in [4.69, 9.17) is 4.74 Å². The summed E-state index contributed by atoms with van der Waals surface area (Å²) in [6, 6.07) is 5.09. The molecule has 0 bridgehead atoms. The fourth-order valence-electron chi connectivity index (χ4n) is 3.11. The monoisotopic (exact) mass is 324 g/mol. The predicted molar refractivity (Wildman–Crippen MR) is 80.7 cm³/mol. The second-order valence-electron chi connectivity index (χ2n) is 5.55. The molecule has 2 aliphatic heterocycles. The van der Waals surface area contributed by atoms with Gasteiger partial charge in [-0.3, -0.25) is 4.90 Å². The van der Waals surface area contributed by atoms with Gasteiger partial charge < -0.3 is 10.1 Å². The Balaban J connectivity index is 1.75. The van der Waals surface area contributed by atoms with E-state index in [1.807, 2.05) is 0 Å². The first kappa shape index (κ1) is 13.4. The van der Waals surface area contributed by atoms with Crippen LogP contribution in [0.3, 0.4) is 0 Å². The van der Waals surface area contributed by atoms with Crippen LogP contribution in [0.5, 0.6) is 5.75 Å². The molecule has 1 saturated heterocycles.